The van der Waals surface area contributed by atoms with Gasteiger partial charge in [-0.2, -0.15) is 0 Å². The third-order valence-corrected chi connectivity index (χ3v) is 19.3. The molecule has 0 aromatic heterocycles. The van der Waals surface area contributed by atoms with E-state index in [0.717, 1.165) is 13.0 Å². The van der Waals surface area contributed by atoms with Crippen LogP contribution in [0, 0.1) is 0 Å². The lowest BCUT2D eigenvalue weighted by Crippen LogP contribution is -2.28. The van der Waals surface area contributed by atoms with Crippen LogP contribution in [0.15, 0.2) is 23.4 Å². The van der Waals surface area contributed by atoms with Crippen LogP contribution in [0.1, 0.15) is 20.3 Å². The predicted molar refractivity (Wildman–Crippen MR) is 73.4 cm³/mol. The maximum atomic E-state index is 5.73. The maximum absolute atomic E-state index is 5.73. The van der Waals surface area contributed by atoms with Crippen LogP contribution in [-0.4, -0.2) is 38.8 Å². The van der Waals surface area contributed by atoms with Crippen molar-refractivity contribution in [2.45, 2.75) is 32.4 Å². The van der Waals surface area contributed by atoms with E-state index in [1.54, 1.807) is 5.20 Å². The average Bonchev–Trinajstić information content (AvgIpc) is 2.17. The van der Waals surface area contributed by atoms with Crippen LogP contribution in [0.2, 0.25) is 6.55 Å². The second-order valence-electron chi connectivity index (χ2n) is 4.17. The summed E-state index contributed by atoms with van der Waals surface area (Å²) < 4.78 is 5.73. The topological polar surface area (TPSA) is 9.23 Å². The van der Waals surface area contributed by atoms with Gasteiger partial charge in [-0.05, 0) is 20.3 Å². The van der Waals surface area contributed by atoms with Gasteiger partial charge >= 0.3 is 0 Å². The van der Waals surface area contributed by atoms with Gasteiger partial charge in [-0.25, -0.2) is 0 Å². The quantitative estimate of drug-likeness (QED) is 0.617. The molecule has 1 unspecified atom stereocenters. The summed E-state index contributed by atoms with van der Waals surface area (Å²) in [5.74, 6) is 0. The van der Waals surface area contributed by atoms with Crippen molar-refractivity contribution in [3.63, 3.8) is 0 Å². The van der Waals surface area contributed by atoms with Crippen LogP contribution in [0.4, 0.5) is 0 Å². The lowest BCUT2D eigenvalue weighted by Gasteiger charge is -2.27. The van der Waals surface area contributed by atoms with Gasteiger partial charge in [0, 0.05) is 33.2 Å². The molecule has 0 bridgehead atoms. The first-order chi connectivity index (χ1) is 6.70. The summed E-state index contributed by atoms with van der Waals surface area (Å²) >= 11 is 0. The second-order valence-corrected chi connectivity index (χ2v) is 20.2. The van der Waals surface area contributed by atoms with Crippen molar-refractivity contribution in [1.82, 2.24) is 0 Å². The van der Waals surface area contributed by atoms with Crippen LogP contribution < -0.4 is 0 Å². The van der Waals surface area contributed by atoms with E-state index in [9.17, 15) is 0 Å². The van der Waals surface area contributed by atoms with Gasteiger partial charge in [-0.15, -0.1) is 0 Å². The van der Waals surface area contributed by atoms with Crippen LogP contribution in [-0.2, 0) is 4.74 Å². The highest BCUT2D eigenvalue weighted by Crippen LogP contribution is 2.23. The number of rotatable bonds is 5. The van der Waals surface area contributed by atoms with Crippen molar-refractivity contribution in [1.29, 1.82) is 0 Å². The summed E-state index contributed by atoms with van der Waals surface area (Å²) in [5, 5.41) is 1.71. The summed E-state index contributed by atoms with van der Waals surface area (Å²) in [5.41, 5.74) is -0.00213. The van der Waals surface area contributed by atoms with Gasteiger partial charge in [-0.1, -0.05) is 30.0 Å². The fourth-order valence-corrected chi connectivity index (χ4v) is 13.4. The fraction of sp³-hybridized carbons (Fsp3) is 0.600. The van der Waals surface area contributed by atoms with Crippen molar-refractivity contribution in [2.24, 2.45) is 0 Å². The molecular formula is C10H22OSi3. The molecule has 80 valence electrons. The van der Waals surface area contributed by atoms with E-state index in [4.69, 9.17) is 4.74 Å². The first kappa shape index (κ1) is 12.2. The van der Waals surface area contributed by atoms with Gasteiger partial charge in [0.25, 0.3) is 0 Å². The van der Waals surface area contributed by atoms with Crippen LogP contribution in [0.25, 0.3) is 0 Å². The number of ether oxygens (including phenoxy) is 1. The summed E-state index contributed by atoms with van der Waals surface area (Å²) in [6, 6.07) is 0. The highest BCUT2D eigenvalue weighted by molar-refractivity contribution is 7.30. The summed E-state index contributed by atoms with van der Waals surface area (Å²) in [7, 11) is 1.10. The van der Waals surface area contributed by atoms with Gasteiger partial charge in [0.2, 0.25) is 0 Å². The third kappa shape index (κ3) is 3.68. The van der Waals surface area contributed by atoms with E-state index in [2.05, 4.69) is 38.6 Å². The normalized spacial score (nSPS) is 28.9. The molecule has 0 saturated carbocycles. The van der Waals surface area contributed by atoms with Crippen molar-refractivity contribution in [2.75, 3.05) is 6.61 Å². The SMILES string of the molecule is CCOC1(C)C=CC([SiH2][SiH2][SiH2]C)=CC1. The van der Waals surface area contributed by atoms with Crippen molar-refractivity contribution >= 4 is 26.6 Å². The van der Waals surface area contributed by atoms with Crippen LogP contribution >= 0.6 is 0 Å². The van der Waals surface area contributed by atoms with E-state index in [0.29, 0.717) is 17.6 Å². The lowest BCUT2D eigenvalue weighted by molar-refractivity contribution is 0.0152. The van der Waals surface area contributed by atoms with Crippen LogP contribution in [0.3, 0.4) is 0 Å². The molecule has 0 radical (unpaired) electrons. The number of hydrogen-bond acceptors (Lipinski definition) is 1. The molecule has 0 aromatic carbocycles. The second kappa shape index (κ2) is 5.85. The van der Waals surface area contributed by atoms with Gasteiger partial charge in [0.15, 0.2) is 0 Å². The zero-order valence-electron chi connectivity index (χ0n) is 9.68. The van der Waals surface area contributed by atoms with Crippen molar-refractivity contribution in [3.05, 3.63) is 23.4 Å². The Morgan fingerprint density at radius 3 is 2.86 bits per heavy atom. The van der Waals surface area contributed by atoms with Gasteiger partial charge in [0.05, 0.1) is 5.60 Å². The molecule has 0 fully saturated rings. The minimum Gasteiger partial charge on any atom is -0.371 e. The Bertz CT molecular complexity index is 238. The molecule has 0 aromatic rings. The minimum absolute atomic E-state index is 0.00213. The summed E-state index contributed by atoms with van der Waals surface area (Å²) in [4.78, 5) is 0. The zero-order chi connectivity index (χ0) is 10.4. The summed E-state index contributed by atoms with van der Waals surface area (Å²) in [6.45, 7) is 7.55. The smallest absolute Gasteiger partial charge is 0.0871 e. The highest BCUT2D eigenvalue weighted by Gasteiger charge is 2.21. The van der Waals surface area contributed by atoms with E-state index >= 15 is 0 Å². The number of hydrogen-bond donors (Lipinski definition) is 0. The maximum Gasteiger partial charge on any atom is 0.0871 e. The first-order valence-corrected chi connectivity index (χ1v) is 15.8. The largest absolute Gasteiger partial charge is 0.371 e. The van der Waals surface area contributed by atoms with Gasteiger partial charge in [0.1, 0.15) is 0 Å². The molecule has 0 spiro atoms. The Labute approximate surface area is 94.1 Å². The molecule has 1 nitrogen and oxygen atoms in total. The Morgan fingerprint density at radius 2 is 2.36 bits per heavy atom. The molecule has 1 aliphatic carbocycles. The van der Waals surface area contributed by atoms with Crippen LogP contribution in [0.5, 0.6) is 0 Å². The van der Waals surface area contributed by atoms with E-state index in [1.807, 2.05) is 0 Å². The molecule has 0 aliphatic heterocycles. The molecule has 1 aliphatic rings. The highest BCUT2D eigenvalue weighted by atomic mass is 29.5. The lowest BCUT2D eigenvalue weighted by atomic mass is 9.97. The number of allylic oxidation sites excluding steroid dienone is 2. The molecule has 4 heteroatoms. The minimum atomic E-state index is -0.00213. The standard InChI is InChI=1S/C10H22OSi3/c1-4-11-10(2)7-5-9(6-8-10)13-14-12-3/h5-7H,4,8,12-14H2,1-3H3. The van der Waals surface area contributed by atoms with Gasteiger partial charge < -0.3 is 4.74 Å². The Kier molecular flexibility index (Phi) is 5.08. The monoisotopic (exact) mass is 242 g/mol. The predicted octanol–water partition coefficient (Wildman–Crippen LogP) is 0.00990. The van der Waals surface area contributed by atoms with Crippen molar-refractivity contribution < 1.29 is 4.74 Å². The molecule has 0 saturated heterocycles. The summed E-state index contributed by atoms with van der Waals surface area (Å²) in [6.07, 6.45) is 8.17. The van der Waals surface area contributed by atoms with E-state index in [-0.39, 0.29) is 14.6 Å². The molecule has 1 rings (SSSR count). The zero-order valence-corrected chi connectivity index (χ0v) is 13.9. The van der Waals surface area contributed by atoms with E-state index < -0.39 is 0 Å². The Balaban J connectivity index is 2.43. The molecule has 0 N–H and O–H groups in total. The molecule has 0 amide bonds. The Hall–Kier alpha value is 0.0906. The first-order valence-electron chi connectivity index (χ1n) is 5.72. The van der Waals surface area contributed by atoms with E-state index in [1.165, 1.54) is 0 Å². The Morgan fingerprint density at radius 1 is 1.57 bits per heavy atom. The van der Waals surface area contributed by atoms with Crippen molar-refractivity contribution in [3.8, 4) is 0 Å². The van der Waals surface area contributed by atoms with Gasteiger partial charge in [-0.3, -0.25) is 0 Å². The third-order valence-electron chi connectivity index (χ3n) is 2.71. The molecular weight excluding hydrogens is 220 g/mol. The molecule has 14 heavy (non-hydrogen) atoms. The average molecular weight is 243 g/mol. The molecule has 0 heterocycles. The molecule has 1 atom stereocenters. The fourth-order valence-electron chi connectivity index (χ4n) is 1.76.